The van der Waals surface area contributed by atoms with E-state index >= 15 is 0 Å². The van der Waals surface area contributed by atoms with Crippen LogP contribution in [0.25, 0.3) is 6.08 Å². The number of carbonyl (C=O) groups excluding carboxylic acids is 1. The van der Waals surface area contributed by atoms with E-state index in [1.165, 1.54) is 11.3 Å². The van der Waals surface area contributed by atoms with E-state index in [1.807, 2.05) is 24.4 Å². The molecule has 1 amide bonds. The standard InChI is InChI=1S/C15H23N3O2S/c1-17(2)7-8-18(10-14-4-3-9-20-14)15(19)6-5-13-11-21-12-16-13/h5-6,11-12,14H,3-4,7-10H2,1-2H3/b6-5+/t14-/m1/s1. The maximum Gasteiger partial charge on any atom is 0.246 e. The van der Waals surface area contributed by atoms with Gasteiger partial charge in [-0.25, -0.2) is 4.98 Å². The third-order valence-corrected chi connectivity index (χ3v) is 4.03. The van der Waals surface area contributed by atoms with Crippen LogP contribution >= 0.6 is 11.3 Å². The lowest BCUT2D eigenvalue weighted by atomic mass is 10.2. The minimum absolute atomic E-state index is 0.0281. The van der Waals surface area contributed by atoms with E-state index in [2.05, 4.69) is 9.88 Å². The maximum atomic E-state index is 12.4. The Labute approximate surface area is 130 Å². The number of likely N-dealkylation sites (N-methyl/N-ethyl adjacent to an activating group) is 1. The van der Waals surface area contributed by atoms with Crippen LogP contribution in [-0.4, -0.2) is 67.1 Å². The summed E-state index contributed by atoms with van der Waals surface area (Å²) in [5.41, 5.74) is 2.60. The van der Waals surface area contributed by atoms with Crippen LogP contribution in [0.15, 0.2) is 17.0 Å². The number of hydrogen-bond donors (Lipinski definition) is 0. The average molecular weight is 309 g/mol. The summed E-state index contributed by atoms with van der Waals surface area (Å²) in [6.45, 7) is 3.05. The Balaban J connectivity index is 1.93. The summed E-state index contributed by atoms with van der Waals surface area (Å²) < 4.78 is 5.65. The Morgan fingerprint density at radius 1 is 1.52 bits per heavy atom. The van der Waals surface area contributed by atoms with Crippen molar-refractivity contribution in [3.63, 3.8) is 0 Å². The summed E-state index contributed by atoms with van der Waals surface area (Å²) in [6, 6.07) is 0. The van der Waals surface area contributed by atoms with Crippen LogP contribution in [0.1, 0.15) is 18.5 Å². The van der Waals surface area contributed by atoms with Crippen molar-refractivity contribution in [3.05, 3.63) is 22.7 Å². The van der Waals surface area contributed by atoms with Gasteiger partial charge in [-0.3, -0.25) is 4.79 Å². The first kappa shape index (κ1) is 16.1. The van der Waals surface area contributed by atoms with Gasteiger partial charge in [-0.1, -0.05) is 0 Å². The third kappa shape index (κ3) is 5.57. The molecule has 1 saturated heterocycles. The van der Waals surface area contributed by atoms with Crippen molar-refractivity contribution in [2.24, 2.45) is 0 Å². The van der Waals surface area contributed by atoms with E-state index in [9.17, 15) is 4.79 Å². The molecule has 0 N–H and O–H groups in total. The number of amides is 1. The number of ether oxygens (including phenoxy) is 1. The highest BCUT2D eigenvalue weighted by atomic mass is 32.1. The highest BCUT2D eigenvalue weighted by Crippen LogP contribution is 2.14. The van der Waals surface area contributed by atoms with Crippen LogP contribution in [0, 0.1) is 0 Å². The van der Waals surface area contributed by atoms with Gasteiger partial charge in [0.05, 0.1) is 17.3 Å². The Morgan fingerprint density at radius 3 is 3.00 bits per heavy atom. The highest BCUT2D eigenvalue weighted by Gasteiger charge is 2.21. The predicted molar refractivity (Wildman–Crippen MR) is 85.3 cm³/mol. The van der Waals surface area contributed by atoms with Gasteiger partial charge in [0.15, 0.2) is 0 Å². The molecular weight excluding hydrogens is 286 g/mol. The van der Waals surface area contributed by atoms with E-state index in [0.717, 1.165) is 31.7 Å². The van der Waals surface area contributed by atoms with Gasteiger partial charge < -0.3 is 14.5 Å². The SMILES string of the molecule is CN(C)CCN(C[C@H]1CCCO1)C(=O)/C=C/c1cscn1. The summed E-state index contributed by atoms with van der Waals surface area (Å²) in [5.74, 6) is 0.0281. The van der Waals surface area contributed by atoms with Crippen LogP contribution < -0.4 is 0 Å². The third-order valence-electron chi connectivity index (χ3n) is 3.42. The van der Waals surface area contributed by atoms with E-state index < -0.39 is 0 Å². The van der Waals surface area contributed by atoms with Crippen molar-refractivity contribution in [2.45, 2.75) is 18.9 Å². The summed E-state index contributed by atoms with van der Waals surface area (Å²) in [7, 11) is 4.03. The molecule has 0 unspecified atom stereocenters. The molecule has 0 saturated carbocycles. The molecule has 1 aromatic rings. The van der Waals surface area contributed by atoms with Gasteiger partial charge in [-0.2, -0.15) is 0 Å². The van der Waals surface area contributed by atoms with Crippen molar-refractivity contribution in [3.8, 4) is 0 Å². The Kier molecular flexibility index (Phi) is 6.35. The van der Waals surface area contributed by atoms with E-state index in [-0.39, 0.29) is 12.0 Å². The molecule has 0 aliphatic carbocycles. The molecule has 1 aromatic heterocycles. The van der Waals surface area contributed by atoms with Crippen molar-refractivity contribution in [1.29, 1.82) is 0 Å². The Morgan fingerprint density at radius 2 is 2.38 bits per heavy atom. The molecule has 5 nitrogen and oxygen atoms in total. The summed E-state index contributed by atoms with van der Waals surface area (Å²) in [5, 5.41) is 1.92. The molecule has 1 fully saturated rings. The second kappa shape index (κ2) is 8.26. The van der Waals surface area contributed by atoms with Gasteiger partial charge in [0.2, 0.25) is 5.91 Å². The van der Waals surface area contributed by atoms with Gasteiger partial charge in [0, 0.05) is 37.7 Å². The van der Waals surface area contributed by atoms with Gasteiger partial charge in [-0.15, -0.1) is 11.3 Å². The second-order valence-corrected chi connectivity index (χ2v) is 6.19. The second-order valence-electron chi connectivity index (χ2n) is 5.47. The van der Waals surface area contributed by atoms with Gasteiger partial charge in [-0.05, 0) is 33.0 Å². The lowest BCUT2D eigenvalue weighted by molar-refractivity contribution is -0.127. The predicted octanol–water partition coefficient (Wildman–Crippen LogP) is 1.73. The first-order valence-corrected chi connectivity index (χ1v) is 8.21. The Hall–Kier alpha value is -1.24. The number of carbonyl (C=O) groups is 1. The lowest BCUT2D eigenvalue weighted by Crippen LogP contribution is -2.40. The maximum absolute atomic E-state index is 12.4. The minimum Gasteiger partial charge on any atom is -0.376 e. The van der Waals surface area contributed by atoms with Gasteiger partial charge >= 0.3 is 0 Å². The van der Waals surface area contributed by atoms with Crippen LogP contribution in [-0.2, 0) is 9.53 Å². The topological polar surface area (TPSA) is 45.7 Å². The first-order valence-electron chi connectivity index (χ1n) is 7.26. The smallest absolute Gasteiger partial charge is 0.246 e. The average Bonchev–Trinajstić information content (AvgIpc) is 3.13. The molecule has 6 heteroatoms. The zero-order valence-corrected chi connectivity index (χ0v) is 13.5. The molecule has 2 rings (SSSR count). The first-order chi connectivity index (χ1) is 10.1. The fourth-order valence-electron chi connectivity index (χ4n) is 2.21. The highest BCUT2D eigenvalue weighted by molar-refractivity contribution is 7.07. The quantitative estimate of drug-likeness (QED) is 0.720. The van der Waals surface area contributed by atoms with Gasteiger partial charge in [0.1, 0.15) is 0 Å². The van der Waals surface area contributed by atoms with Crippen molar-refractivity contribution >= 4 is 23.3 Å². The number of rotatable bonds is 7. The zero-order valence-electron chi connectivity index (χ0n) is 12.7. The monoisotopic (exact) mass is 309 g/mol. The largest absolute Gasteiger partial charge is 0.376 e. The van der Waals surface area contributed by atoms with E-state index in [4.69, 9.17) is 4.74 Å². The molecule has 2 heterocycles. The van der Waals surface area contributed by atoms with Crippen LogP contribution in [0.2, 0.25) is 0 Å². The molecular formula is C15H23N3O2S. The van der Waals surface area contributed by atoms with Crippen LogP contribution in [0.3, 0.4) is 0 Å². The summed E-state index contributed by atoms with van der Waals surface area (Å²) in [6.07, 6.45) is 5.71. The fraction of sp³-hybridized carbons (Fsp3) is 0.600. The van der Waals surface area contributed by atoms with Crippen LogP contribution in [0.5, 0.6) is 0 Å². The molecule has 1 aliphatic rings. The molecule has 21 heavy (non-hydrogen) atoms. The van der Waals surface area contributed by atoms with E-state index in [0.29, 0.717) is 13.1 Å². The van der Waals surface area contributed by atoms with Crippen molar-refractivity contribution in [2.75, 3.05) is 40.3 Å². The summed E-state index contributed by atoms with van der Waals surface area (Å²) in [4.78, 5) is 20.5. The minimum atomic E-state index is 0.0281. The molecule has 1 atom stereocenters. The van der Waals surface area contributed by atoms with E-state index in [1.54, 1.807) is 17.7 Å². The molecule has 0 spiro atoms. The van der Waals surface area contributed by atoms with Crippen molar-refractivity contribution in [1.82, 2.24) is 14.8 Å². The molecule has 1 aliphatic heterocycles. The fourth-order valence-corrected chi connectivity index (χ4v) is 2.73. The zero-order chi connectivity index (χ0) is 15.1. The lowest BCUT2D eigenvalue weighted by Gasteiger charge is -2.25. The van der Waals surface area contributed by atoms with Crippen molar-refractivity contribution < 1.29 is 9.53 Å². The number of nitrogens with zero attached hydrogens (tertiary/aromatic N) is 3. The number of hydrogen-bond acceptors (Lipinski definition) is 5. The normalized spacial score (nSPS) is 18.7. The van der Waals surface area contributed by atoms with Gasteiger partial charge in [0.25, 0.3) is 0 Å². The van der Waals surface area contributed by atoms with Crippen LogP contribution in [0.4, 0.5) is 0 Å². The number of aromatic nitrogens is 1. The molecule has 0 aromatic carbocycles. The Bertz CT molecular complexity index is 453. The number of thiazole rings is 1. The molecule has 116 valence electrons. The molecule has 0 bridgehead atoms. The molecule has 0 radical (unpaired) electrons. The summed E-state index contributed by atoms with van der Waals surface area (Å²) >= 11 is 1.53.